The summed E-state index contributed by atoms with van der Waals surface area (Å²) in [5.41, 5.74) is 0. The van der Waals surface area contributed by atoms with Crippen molar-refractivity contribution in [2.24, 2.45) is 0 Å². The molecule has 0 heterocycles. The van der Waals surface area contributed by atoms with Crippen molar-refractivity contribution in [1.29, 1.82) is 0 Å². The summed E-state index contributed by atoms with van der Waals surface area (Å²) >= 11 is 0. The minimum Gasteiger partial charge on any atom is -0.634 e. The molecule has 0 fully saturated rings. The van der Waals surface area contributed by atoms with E-state index < -0.39 is 171 Å². The zero-order valence-corrected chi connectivity index (χ0v) is 78.0. The van der Waals surface area contributed by atoms with Crippen molar-refractivity contribution in [2.75, 3.05) is 0 Å². The van der Waals surface area contributed by atoms with Crippen molar-refractivity contribution in [3.8, 4) is 0 Å². The van der Waals surface area contributed by atoms with E-state index >= 15 is 0 Å². The van der Waals surface area contributed by atoms with Gasteiger partial charge in [0.1, 0.15) is 49.9 Å². The van der Waals surface area contributed by atoms with E-state index in [0.717, 1.165) is 36.5 Å². The van der Waals surface area contributed by atoms with Crippen LogP contribution in [-0.4, -0.2) is 136 Å². The molecule has 0 spiro atoms. The fourth-order valence-corrected chi connectivity index (χ4v) is 12.5. The van der Waals surface area contributed by atoms with Crippen LogP contribution in [0.2, 0.25) is 236 Å². The number of carbonyl (C=O) groups is 6. The molecule has 0 saturated heterocycles. The van der Waals surface area contributed by atoms with Gasteiger partial charge in [-0.3, -0.25) is 0 Å². The van der Waals surface area contributed by atoms with Gasteiger partial charge in [0.05, 0.1) is 35.7 Å². The molecule has 0 aliphatic rings. The van der Waals surface area contributed by atoms with E-state index in [1.165, 1.54) is 0 Å². The van der Waals surface area contributed by atoms with Crippen LogP contribution < -0.4 is 30.6 Å². The van der Waals surface area contributed by atoms with Crippen molar-refractivity contribution in [2.45, 2.75) is 236 Å². The number of rotatable bonds is 24. The van der Waals surface area contributed by atoms with E-state index in [0.29, 0.717) is 0 Å². The van der Waals surface area contributed by atoms with Gasteiger partial charge in [-0.15, -0.1) is 0 Å². The summed E-state index contributed by atoms with van der Waals surface area (Å²) in [4.78, 5) is 67.4. The summed E-state index contributed by atoms with van der Waals surface area (Å²) in [6.07, 6.45) is 5.31. The van der Waals surface area contributed by atoms with Gasteiger partial charge in [-0.05, 0) is 118 Å². The first-order valence-corrected chi connectivity index (χ1v) is 69.7. The Hall–Kier alpha value is -1.99. The van der Waals surface area contributed by atoms with Crippen molar-refractivity contribution < 1.29 is 189 Å². The van der Waals surface area contributed by atoms with Crippen molar-refractivity contribution in [3.05, 3.63) is 72.1 Å². The molecule has 92 heavy (non-hydrogen) atoms. The fraction of sp³-hybridized carbons (Fsp3) is 0.667. The van der Waals surface area contributed by atoms with E-state index in [2.05, 4.69) is 0 Å². The number of hydrogen-bond donors (Lipinski definition) is 0. The summed E-state index contributed by atoms with van der Waals surface area (Å²) in [7, 11) is -23.1. The minimum atomic E-state index is -1.92. The van der Waals surface area contributed by atoms with E-state index in [1.54, 1.807) is 0 Å². The summed E-state index contributed by atoms with van der Waals surface area (Å²) in [5, 5.41) is 67.4. The molecular weight excluding hydrogens is 1690 g/mol. The maximum Gasteiger partial charge on any atom is 3.00 e. The molecule has 0 bridgehead atoms. The van der Waals surface area contributed by atoms with Gasteiger partial charge in [0.15, 0.2) is 0 Å². The maximum absolute atomic E-state index is 11.2. The number of carbonyl (C=O) groups excluding carboxylic acids is 6. The molecular formula is C54H114Dy2O24Si12. The third-order valence-electron chi connectivity index (χ3n) is 6.30. The molecule has 0 N–H and O–H groups in total. The normalized spacial score (nSPS) is 13.3. The first kappa shape index (κ1) is 106. The molecule has 0 rings (SSSR count). The van der Waals surface area contributed by atoms with Gasteiger partial charge >= 0.3 is 112 Å². The van der Waals surface area contributed by atoms with Crippen LogP contribution in [0.3, 0.4) is 0 Å². The molecule has 38 heteroatoms. The van der Waals surface area contributed by atoms with Crippen molar-refractivity contribution in [3.63, 3.8) is 0 Å². The Balaban J connectivity index is -0.000000153. The molecule has 0 aliphatic carbocycles. The molecule has 0 aromatic rings. The van der Waals surface area contributed by atoms with Crippen LogP contribution >= 0.6 is 0 Å². The first-order valence-electron chi connectivity index (χ1n) is 28.8. The summed E-state index contributed by atoms with van der Waals surface area (Å²) in [5.74, 6) is -7.20. The largest absolute Gasteiger partial charge is 3.00 e. The van der Waals surface area contributed by atoms with Crippen LogP contribution in [0.1, 0.15) is 0 Å². The molecule has 24 nitrogen and oxygen atoms in total. The first-order chi connectivity index (χ1) is 39.0. The molecule has 542 valence electrons. The summed E-state index contributed by atoms with van der Waals surface area (Å²) in [6, 6.07) is 0. The van der Waals surface area contributed by atoms with Crippen LogP contribution in [-0.2, 0) is 81.9 Å². The number of hydrogen-bond acceptors (Lipinski definition) is 24. The van der Waals surface area contributed by atoms with Gasteiger partial charge in [-0.1, -0.05) is 118 Å². The van der Waals surface area contributed by atoms with Gasteiger partial charge in [0.25, 0.3) is 0 Å². The smallest absolute Gasteiger partial charge is 0.634 e. The SMILES string of the molecule is C[Si](C)(C)OC(=O)/C=C(\[O-])O[Si](C)(C)C.C[Si](C)(C)OC(=O)/C=C(\[O-])O[Si](C)(C)C.C[Si](C)(C)OC(=O)/C=C(\[O-])O[Si](C)(C)C.C[Si](C)(C)OC(=O)/C=C(\[O-])O[Si](C)(C)C.C[Si](C)(C)OC(=O)/C=C(\[O-])O[Si](C)(C)C.C[Si](C)(C)OC(=O)/C=C(\[O-])O[Si](C)(C)C.[Dy+3].[Dy+3]. The predicted octanol–water partition coefficient (Wildman–Crippen LogP) is 8.51. The van der Waals surface area contributed by atoms with Crippen LogP contribution in [0.5, 0.6) is 0 Å². The van der Waals surface area contributed by atoms with Crippen LogP contribution in [0.25, 0.3) is 0 Å². The van der Waals surface area contributed by atoms with E-state index in [1.807, 2.05) is 236 Å². The quantitative estimate of drug-likeness (QED) is 0.0496. The Kier molecular flexibility index (Phi) is 51.7. The molecule has 0 aliphatic heterocycles. The van der Waals surface area contributed by atoms with Crippen LogP contribution in [0, 0.1) is 76.3 Å². The van der Waals surface area contributed by atoms with Gasteiger partial charge in [0, 0.05) is 36.5 Å². The average molecular weight is 1810 g/mol. The van der Waals surface area contributed by atoms with Gasteiger partial charge in [-0.2, -0.15) is 0 Å². The minimum absolute atomic E-state index is 0. The zero-order chi connectivity index (χ0) is 73.7. The molecule has 0 aromatic heterocycles. The standard InChI is InChI=1S/6C9H20O4Si2.2Dy/c6*1-14(2,3)12-8(10)7-9(11)13-15(4,5)6;;/h6*7,10H,1-6H3;;/q;;;;;;2*+3/p-6/b6*8-7+;;. The second-order valence-corrected chi connectivity index (χ2v) is 84.4. The monoisotopic (exact) mass is 1810 g/mol. The third-order valence-corrected chi connectivity index (χ3v) is 16.1. The zero-order valence-electron chi connectivity index (χ0n) is 61.9. The van der Waals surface area contributed by atoms with E-state index in [9.17, 15) is 59.4 Å². The Morgan fingerprint density at radius 1 is 0.174 bits per heavy atom. The van der Waals surface area contributed by atoms with Gasteiger partial charge in [0.2, 0.25) is 49.9 Å². The Morgan fingerprint density at radius 2 is 0.239 bits per heavy atom. The molecule has 0 atom stereocenters. The molecule has 0 aromatic carbocycles. The molecule has 2 radical (unpaired) electrons. The topological polar surface area (TPSA) is 352 Å². The van der Waals surface area contributed by atoms with Crippen molar-refractivity contribution in [1.82, 2.24) is 0 Å². The van der Waals surface area contributed by atoms with E-state index in [4.69, 9.17) is 53.1 Å². The third kappa shape index (κ3) is 99.1. The average Bonchev–Trinajstić information content (AvgIpc) is 3.09. The van der Waals surface area contributed by atoms with Crippen molar-refractivity contribution >= 4 is 136 Å². The van der Waals surface area contributed by atoms with Gasteiger partial charge in [-0.25, -0.2) is 28.8 Å². The predicted molar refractivity (Wildman–Crippen MR) is 372 cm³/mol. The Morgan fingerprint density at radius 3 is 0.293 bits per heavy atom. The van der Waals surface area contributed by atoms with Crippen LogP contribution in [0.15, 0.2) is 72.1 Å². The second kappa shape index (κ2) is 44.8. The molecule has 0 amide bonds. The van der Waals surface area contributed by atoms with E-state index in [-0.39, 0.29) is 76.3 Å². The second-order valence-electron chi connectivity index (χ2n) is 31.3. The Labute approximate surface area is 625 Å². The summed E-state index contributed by atoms with van der Waals surface area (Å²) < 4.78 is 61.0. The molecule has 0 saturated carbocycles. The fourth-order valence-electron chi connectivity index (χ4n) is 4.55. The van der Waals surface area contributed by atoms with Gasteiger partial charge < -0.3 is 83.8 Å². The summed E-state index contributed by atoms with van der Waals surface area (Å²) in [6.45, 7) is 67.6. The Bertz CT molecular complexity index is 2010. The van der Waals surface area contributed by atoms with Crippen LogP contribution in [0.4, 0.5) is 0 Å². The maximum atomic E-state index is 11.2. The molecule has 0 unspecified atom stereocenters.